The number of nitrogens with two attached hydrogens (primary N) is 1. The molecule has 0 radical (unpaired) electrons. The van der Waals surface area contributed by atoms with Crippen LogP contribution in [0.2, 0.25) is 0 Å². The van der Waals surface area contributed by atoms with Gasteiger partial charge in [0.25, 0.3) is 0 Å². The van der Waals surface area contributed by atoms with E-state index in [1.165, 1.54) is 5.56 Å². The third-order valence-electron chi connectivity index (χ3n) is 3.42. The summed E-state index contributed by atoms with van der Waals surface area (Å²) < 4.78 is 1.07. The molecule has 0 amide bonds. The lowest BCUT2D eigenvalue weighted by Gasteiger charge is -2.34. The normalized spacial score (nSPS) is 26.1. The zero-order chi connectivity index (χ0) is 12.4. The van der Waals surface area contributed by atoms with E-state index in [-0.39, 0.29) is 6.10 Å². The van der Waals surface area contributed by atoms with Gasteiger partial charge < -0.3 is 10.8 Å². The van der Waals surface area contributed by atoms with Crippen LogP contribution in [-0.4, -0.2) is 29.2 Å². The van der Waals surface area contributed by atoms with Crippen LogP contribution in [0.5, 0.6) is 0 Å². The first-order valence-electron chi connectivity index (χ1n) is 6.00. The fourth-order valence-corrected chi connectivity index (χ4v) is 2.82. The van der Waals surface area contributed by atoms with Crippen molar-refractivity contribution in [3.05, 3.63) is 28.2 Å². The Bertz CT molecular complexity index is 397. The lowest BCUT2D eigenvalue weighted by Crippen LogP contribution is -2.41. The van der Waals surface area contributed by atoms with E-state index < -0.39 is 0 Å². The summed E-state index contributed by atoms with van der Waals surface area (Å²) in [5, 5.41) is 9.70. The van der Waals surface area contributed by atoms with Gasteiger partial charge in [0.15, 0.2) is 0 Å². The minimum Gasteiger partial charge on any atom is -0.399 e. The molecule has 0 aromatic heterocycles. The second-order valence-corrected chi connectivity index (χ2v) is 5.77. The van der Waals surface area contributed by atoms with E-state index in [1.54, 1.807) is 0 Å². The molecule has 1 fully saturated rings. The predicted molar refractivity (Wildman–Crippen MR) is 73.6 cm³/mol. The van der Waals surface area contributed by atoms with Crippen molar-refractivity contribution in [3.63, 3.8) is 0 Å². The first-order chi connectivity index (χ1) is 8.06. The number of anilines is 1. The summed E-state index contributed by atoms with van der Waals surface area (Å²) in [6.07, 6.45) is 0.731. The minimum atomic E-state index is -0.138. The Morgan fingerprint density at radius 2 is 2.29 bits per heavy atom. The number of hydrogen-bond donors (Lipinski definition) is 2. The Morgan fingerprint density at radius 1 is 1.53 bits per heavy atom. The molecule has 1 saturated heterocycles. The monoisotopic (exact) mass is 298 g/mol. The number of benzene rings is 1. The Morgan fingerprint density at radius 3 is 2.94 bits per heavy atom. The molecule has 0 aliphatic carbocycles. The largest absolute Gasteiger partial charge is 0.399 e. The van der Waals surface area contributed by atoms with Crippen LogP contribution in [0.25, 0.3) is 0 Å². The molecule has 1 aromatic carbocycles. The van der Waals surface area contributed by atoms with Crippen LogP contribution in [0.15, 0.2) is 22.7 Å². The molecule has 2 unspecified atom stereocenters. The van der Waals surface area contributed by atoms with Gasteiger partial charge in [0.2, 0.25) is 0 Å². The molecule has 3 N–H and O–H groups in total. The lowest BCUT2D eigenvalue weighted by molar-refractivity contribution is 0.0319. The van der Waals surface area contributed by atoms with Crippen molar-refractivity contribution in [2.75, 3.05) is 18.8 Å². The smallest absolute Gasteiger partial charge is 0.0590 e. The highest BCUT2D eigenvalue weighted by Crippen LogP contribution is 2.24. The molecule has 2 atom stereocenters. The maximum Gasteiger partial charge on any atom is 0.0590 e. The summed E-state index contributed by atoms with van der Waals surface area (Å²) >= 11 is 3.54. The number of nitrogens with zero attached hydrogens (tertiary/aromatic N) is 1. The quantitative estimate of drug-likeness (QED) is 0.823. The average molecular weight is 299 g/mol. The SMILES string of the molecule is CC1CN(Cc2ccc(N)cc2Br)CCC1O. The van der Waals surface area contributed by atoms with E-state index in [0.29, 0.717) is 5.92 Å². The Kier molecular flexibility index (Phi) is 4.07. The maximum absolute atomic E-state index is 9.70. The first-order valence-corrected chi connectivity index (χ1v) is 6.80. The van der Waals surface area contributed by atoms with Crippen LogP contribution in [0.4, 0.5) is 5.69 Å². The summed E-state index contributed by atoms with van der Waals surface area (Å²) in [6, 6.07) is 5.94. The van der Waals surface area contributed by atoms with E-state index in [0.717, 1.165) is 36.2 Å². The number of likely N-dealkylation sites (tertiary alicyclic amines) is 1. The Labute approximate surface area is 111 Å². The second kappa shape index (κ2) is 5.38. The minimum absolute atomic E-state index is 0.138. The highest BCUT2D eigenvalue weighted by Gasteiger charge is 2.24. The zero-order valence-electron chi connectivity index (χ0n) is 10.1. The Hall–Kier alpha value is -0.580. The molecule has 94 valence electrons. The van der Waals surface area contributed by atoms with E-state index >= 15 is 0 Å². The van der Waals surface area contributed by atoms with Crippen LogP contribution in [0.1, 0.15) is 18.9 Å². The van der Waals surface area contributed by atoms with Gasteiger partial charge in [-0.1, -0.05) is 28.9 Å². The number of rotatable bonds is 2. The summed E-state index contributed by atoms with van der Waals surface area (Å²) in [5.74, 6) is 0.358. The maximum atomic E-state index is 9.70. The standard InChI is InChI=1S/C13H19BrN2O/c1-9-7-16(5-4-13(9)17)8-10-2-3-11(15)6-12(10)14/h2-3,6,9,13,17H,4-5,7-8,15H2,1H3. The third kappa shape index (κ3) is 3.21. The van der Waals surface area contributed by atoms with E-state index in [1.807, 2.05) is 12.1 Å². The zero-order valence-corrected chi connectivity index (χ0v) is 11.7. The summed E-state index contributed by atoms with van der Waals surface area (Å²) in [4.78, 5) is 2.38. The van der Waals surface area contributed by atoms with Gasteiger partial charge >= 0.3 is 0 Å². The van der Waals surface area contributed by atoms with Crippen LogP contribution in [0.3, 0.4) is 0 Å². The second-order valence-electron chi connectivity index (χ2n) is 4.92. The average Bonchev–Trinajstić information content (AvgIpc) is 2.27. The van der Waals surface area contributed by atoms with Gasteiger partial charge in [-0.2, -0.15) is 0 Å². The third-order valence-corrected chi connectivity index (χ3v) is 4.15. The summed E-state index contributed by atoms with van der Waals surface area (Å²) in [5.41, 5.74) is 7.76. The fraction of sp³-hybridized carbons (Fsp3) is 0.538. The van der Waals surface area contributed by atoms with Gasteiger partial charge in [0, 0.05) is 29.8 Å². The molecule has 1 aliphatic heterocycles. The molecule has 4 heteroatoms. The van der Waals surface area contributed by atoms with Crippen molar-refractivity contribution in [2.24, 2.45) is 5.92 Å². The number of piperidine rings is 1. The number of aliphatic hydroxyl groups is 1. The molecule has 1 aliphatic rings. The highest BCUT2D eigenvalue weighted by molar-refractivity contribution is 9.10. The van der Waals surface area contributed by atoms with Gasteiger partial charge in [-0.3, -0.25) is 4.90 Å². The molecule has 0 spiro atoms. The number of aliphatic hydroxyl groups excluding tert-OH is 1. The first kappa shape index (κ1) is 12.9. The van der Waals surface area contributed by atoms with Crippen molar-refractivity contribution in [1.29, 1.82) is 0 Å². The molecular formula is C13H19BrN2O. The van der Waals surface area contributed by atoms with Gasteiger partial charge in [-0.05, 0) is 30.0 Å². The molecule has 1 aromatic rings. The molecule has 0 bridgehead atoms. The summed E-state index contributed by atoms with van der Waals surface area (Å²) in [6.45, 7) is 4.94. The van der Waals surface area contributed by atoms with E-state index in [9.17, 15) is 5.11 Å². The van der Waals surface area contributed by atoms with Crippen molar-refractivity contribution in [3.8, 4) is 0 Å². The van der Waals surface area contributed by atoms with Crippen LogP contribution in [0, 0.1) is 5.92 Å². The van der Waals surface area contributed by atoms with Crippen molar-refractivity contribution >= 4 is 21.6 Å². The fourth-order valence-electron chi connectivity index (χ4n) is 2.30. The molecule has 0 saturated carbocycles. The van der Waals surface area contributed by atoms with Gasteiger partial charge in [0.1, 0.15) is 0 Å². The number of halogens is 1. The van der Waals surface area contributed by atoms with Crippen LogP contribution < -0.4 is 5.73 Å². The molecule has 1 heterocycles. The number of nitrogen functional groups attached to an aromatic ring is 1. The number of hydrogen-bond acceptors (Lipinski definition) is 3. The van der Waals surface area contributed by atoms with Crippen LogP contribution >= 0.6 is 15.9 Å². The lowest BCUT2D eigenvalue weighted by atomic mass is 9.96. The van der Waals surface area contributed by atoms with Crippen molar-refractivity contribution in [2.45, 2.75) is 26.0 Å². The van der Waals surface area contributed by atoms with Gasteiger partial charge in [-0.25, -0.2) is 0 Å². The van der Waals surface area contributed by atoms with Gasteiger partial charge in [0.05, 0.1) is 6.10 Å². The topological polar surface area (TPSA) is 49.5 Å². The van der Waals surface area contributed by atoms with Crippen LogP contribution in [-0.2, 0) is 6.54 Å². The molecular weight excluding hydrogens is 280 g/mol. The predicted octanol–water partition coefficient (Wildman–Crippen LogP) is 2.23. The van der Waals surface area contributed by atoms with E-state index in [2.05, 4.69) is 33.8 Å². The molecule has 17 heavy (non-hydrogen) atoms. The highest BCUT2D eigenvalue weighted by atomic mass is 79.9. The van der Waals surface area contributed by atoms with Crippen molar-refractivity contribution in [1.82, 2.24) is 4.90 Å². The molecule has 2 rings (SSSR count). The Balaban J connectivity index is 2.01. The molecule has 3 nitrogen and oxygen atoms in total. The summed E-state index contributed by atoms with van der Waals surface area (Å²) in [7, 11) is 0. The van der Waals surface area contributed by atoms with E-state index in [4.69, 9.17) is 5.73 Å². The van der Waals surface area contributed by atoms with Gasteiger partial charge in [-0.15, -0.1) is 0 Å². The van der Waals surface area contributed by atoms with Crippen molar-refractivity contribution < 1.29 is 5.11 Å².